The van der Waals surface area contributed by atoms with Crippen LogP contribution in [0.1, 0.15) is 36.8 Å². The van der Waals surface area contributed by atoms with E-state index >= 15 is 0 Å². The molecular weight excluding hydrogens is 396 g/mol. The molecule has 0 saturated carbocycles. The first-order valence-electron chi connectivity index (χ1n) is 10.4. The molecule has 0 bridgehead atoms. The Bertz CT molecular complexity index is 913. The number of amides is 2. The van der Waals surface area contributed by atoms with E-state index in [-0.39, 0.29) is 11.8 Å². The summed E-state index contributed by atoms with van der Waals surface area (Å²) in [6, 6.07) is 13.4. The lowest BCUT2D eigenvalue weighted by molar-refractivity contribution is -0.122. The van der Waals surface area contributed by atoms with E-state index in [2.05, 4.69) is 10.6 Å². The van der Waals surface area contributed by atoms with Crippen LogP contribution < -0.4 is 24.8 Å². The fourth-order valence-corrected chi connectivity index (χ4v) is 4.04. The minimum Gasteiger partial charge on any atom is -0.497 e. The molecule has 0 radical (unpaired) electrons. The summed E-state index contributed by atoms with van der Waals surface area (Å²) in [6.45, 7) is 0.344. The highest BCUT2D eigenvalue weighted by Gasteiger charge is 2.37. The number of para-hydroxylation sites is 1. The van der Waals surface area contributed by atoms with Crippen LogP contribution in [0.15, 0.2) is 42.5 Å². The normalized spacial score (nSPS) is 17.7. The van der Waals surface area contributed by atoms with Crippen LogP contribution in [0, 0.1) is 0 Å². The summed E-state index contributed by atoms with van der Waals surface area (Å²) in [5.41, 5.74) is 1.54. The van der Waals surface area contributed by atoms with Gasteiger partial charge in [-0.2, -0.15) is 0 Å². The Kier molecular flexibility index (Phi) is 7.39. The van der Waals surface area contributed by atoms with Gasteiger partial charge in [0.2, 0.25) is 11.8 Å². The van der Waals surface area contributed by atoms with E-state index in [0.717, 1.165) is 23.3 Å². The van der Waals surface area contributed by atoms with Gasteiger partial charge in [0.25, 0.3) is 0 Å². The molecule has 0 aliphatic carbocycles. The molecule has 1 fully saturated rings. The predicted octanol–water partition coefficient (Wildman–Crippen LogP) is 3.00. The van der Waals surface area contributed by atoms with Crippen LogP contribution in [0.5, 0.6) is 17.2 Å². The van der Waals surface area contributed by atoms with E-state index in [4.69, 9.17) is 14.2 Å². The average Bonchev–Trinajstić information content (AvgIpc) is 3.16. The summed E-state index contributed by atoms with van der Waals surface area (Å²) in [7, 11) is 4.79. The maximum Gasteiger partial charge on any atom is 0.220 e. The van der Waals surface area contributed by atoms with Gasteiger partial charge >= 0.3 is 0 Å². The topological polar surface area (TPSA) is 85.9 Å². The van der Waals surface area contributed by atoms with Gasteiger partial charge in [0.05, 0.1) is 21.3 Å². The van der Waals surface area contributed by atoms with Crippen LogP contribution in [0.25, 0.3) is 0 Å². The lowest BCUT2D eigenvalue weighted by Crippen LogP contribution is -2.44. The molecule has 1 aliphatic rings. The van der Waals surface area contributed by atoms with Crippen LogP contribution >= 0.6 is 0 Å². The fourth-order valence-electron chi connectivity index (χ4n) is 4.04. The number of hydrogen-bond donors (Lipinski definition) is 2. The van der Waals surface area contributed by atoms with Crippen molar-refractivity contribution < 1.29 is 23.8 Å². The third kappa shape index (κ3) is 5.69. The highest BCUT2D eigenvalue weighted by atomic mass is 16.5. The Balaban J connectivity index is 1.60. The molecule has 1 heterocycles. The molecule has 0 aromatic heterocycles. The van der Waals surface area contributed by atoms with Gasteiger partial charge in [0, 0.05) is 30.5 Å². The molecule has 166 valence electrons. The molecule has 1 aliphatic heterocycles. The van der Waals surface area contributed by atoms with Crippen LogP contribution in [0.4, 0.5) is 0 Å². The highest BCUT2D eigenvalue weighted by Crippen LogP contribution is 2.31. The Morgan fingerprint density at radius 2 is 1.84 bits per heavy atom. The minimum absolute atomic E-state index is 0.0371. The van der Waals surface area contributed by atoms with Gasteiger partial charge in [0.15, 0.2) is 11.5 Å². The molecule has 1 atom stereocenters. The van der Waals surface area contributed by atoms with Crippen molar-refractivity contribution in [1.29, 1.82) is 0 Å². The van der Waals surface area contributed by atoms with Gasteiger partial charge in [0.1, 0.15) is 5.75 Å². The molecular formula is C24H30N2O5. The number of hydrogen-bond acceptors (Lipinski definition) is 5. The molecule has 0 unspecified atom stereocenters. The Hall–Kier alpha value is -3.22. The van der Waals surface area contributed by atoms with Crippen LogP contribution in [-0.4, -0.2) is 38.7 Å². The van der Waals surface area contributed by atoms with E-state index in [1.807, 2.05) is 42.5 Å². The molecule has 3 rings (SSSR count). The highest BCUT2D eigenvalue weighted by molar-refractivity contribution is 5.80. The third-order valence-electron chi connectivity index (χ3n) is 5.73. The Morgan fingerprint density at radius 3 is 2.45 bits per heavy atom. The maximum atomic E-state index is 12.6. The molecule has 31 heavy (non-hydrogen) atoms. The smallest absolute Gasteiger partial charge is 0.220 e. The first-order chi connectivity index (χ1) is 15.0. The number of nitrogens with one attached hydrogen (secondary N) is 2. The molecule has 2 aromatic rings. The monoisotopic (exact) mass is 426 g/mol. The van der Waals surface area contributed by atoms with Gasteiger partial charge in [-0.1, -0.05) is 24.3 Å². The van der Waals surface area contributed by atoms with E-state index in [9.17, 15) is 9.59 Å². The van der Waals surface area contributed by atoms with E-state index in [1.165, 1.54) is 0 Å². The lowest BCUT2D eigenvalue weighted by Gasteiger charge is -2.29. The van der Waals surface area contributed by atoms with Crippen molar-refractivity contribution in [2.45, 2.75) is 44.2 Å². The molecule has 2 N–H and O–H groups in total. The van der Waals surface area contributed by atoms with Crippen molar-refractivity contribution in [3.8, 4) is 17.2 Å². The van der Waals surface area contributed by atoms with Crippen molar-refractivity contribution in [2.24, 2.45) is 0 Å². The van der Waals surface area contributed by atoms with Crippen LogP contribution in [0.2, 0.25) is 0 Å². The van der Waals surface area contributed by atoms with Crippen molar-refractivity contribution in [3.05, 3.63) is 53.6 Å². The number of methoxy groups -OCH3 is 3. The first kappa shape index (κ1) is 22.5. The first-order valence-corrected chi connectivity index (χ1v) is 10.4. The summed E-state index contributed by atoms with van der Waals surface area (Å²) in [4.78, 5) is 24.6. The van der Waals surface area contributed by atoms with Gasteiger partial charge in [-0.25, -0.2) is 0 Å². The SMILES string of the molecule is COc1ccc(C[C@]2(CCC(=O)NCc3cccc(OC)c3OC)CCC(=O)N2)cc1. The zero-order valence-electron chi connectivity index (χ0n) is 18.3. The Morgan fingerprint density at radius 1 is 1.06 bits per heavy atom. The maximum absolute atomic E-state index is 12.6. The molecule has 7 nitrogen and oxygen atoms in total. The average molecular weight is 427 g/mol. The molecule has 2 aromatic carbocycles. The number of carbonyl (C=O) groups excluding carboxylic acids is 2. The minimum atomic E-state index is -0.406. The second-order valence-corrected chi connectivity index (χ2v) is 7.78. The van der Waals surface area contributed by atoms with Crippen molar-refractivity contribution >= 4 is 11.8 Å². The van der Waals surface area contributed by atoms with Crippen molar-refractivity contribution in [3.63, 3.8) is 0 Å². The summed E-state index contributed by atoms with van der Waals surface area (Å²) in [6.07, 6.45) is 2.78. The quantitative estimate of drug-likeness (QED) is 0.610. The zero-order valence-corrected chi connectivity index (χ0v) is 18.3. The van der Waals surface area contributed by atoms with Crippen molar-refractivity contribution in [1.82, 2.24) is 10.6 Å². The lowest BCUT2D eigenvalue weighted by atomic mass is 9.85. The molecule has 7 heteroatoms. The number of benzene rings is 2. The van der Waals surface area contributed by atoms with E-state index < -0.39 is 5.54 Å². The summed E-state index contributed by atoms with van der Waals surface area (Å²) >= 11 is 0. The number of ether oxygens (including phenoxy) is 3. The third-order valence-corrected chi connectivity index (χ3v) is 5.73. The second-order valence-electron chi connectivity index (χ2n) is 7.78. The van der Waals surface area contributed by atoms with Gasteiger partial charge in [-0.3, -0.25) is 9.59 Å². The molecule has 1 saturated heterocycles. The largest absolute Gasteiger partial charge is 0.497 e. The van der Waals surface area contributed by atoms with Gasteiger partial charge in [-0.05, 0) is 43.0 Å². The van der Waals surface area contributed by atoms with Gasteiger partial charge < -0.3 is 24.8 Å². The van der Waals surface area contributed by atoms with Crippen molar-refractivity contribution in [2.75, 3.05) is 21.3 Å². The molecule has 2 amide bonds. The fraction of sp³-hybridized carbons (Fsp3) is 0.417. The van der Waals surface area contributed by atoms with E-state index in [0.29, 0.717) is 43.7 Å². The van der Waals surface area contributed by atoms with Crippen LogP contribution in [-0.2, 0) is 22.6 Å². The van der Waals surface area contributed by atoms with E-state index in [1.54, 1.807) is 21.3 Å². The second kappa shape index (κ2) is 10.2. The molecule has 0 spiro atoms. The van der Waals surface area contributed by atoms with Gasteiger partial charge in [-0.15, -0.1) is 0 Å². The summed E-state index contributed by atoms with van der Waals surface area (Å²) in [5.74, 6) is 2.00. The zero-order chi connectivity index (χ0) is 22.3. The number of carbonyl (C=O) groups is 2. The predicted molar refractivity (Wildman–Crippen MR) is 117 cm³/mol. The standard InChI is InChI=1S/C24H30N2O5/c1-29-19-9-7-17(8-10-19)15-24(14-12-22(28)26-24)13-11-21(27)25-16-18-5-4-6-20(30-2)23(18)31-3/h4-10H,11-16H2,1-3H3,(H,25,27)(H,26,28)/t24-/m0/s1. The number of rotatable bonds is 10. The summed E-state index contributed by atoms with van der Waals surface area (Å²) in [5, 5.41) is 6.07. The Labute approximate surface area is 183 Å². The summed E-state index contributed by atoms with van der Waals surface area (Å²) < 4.78 is 15.9. The van der Waals surface area contributed by atoms with Crippen LogP contribution in [0.3, 0.4) is 0 Å².